The molecule has 2 heterocycles. The molecular weight excluding hydrogens is 283 g/mol. The van der Waals surface area contributed by atoms with Crippen LogP contribution in [0.4, 0.5) is 10.3 Å². The quantitative estimate of drug-likeness (QED) is 0.705. The van der Waals surface area contributed by atoms with Gasteiger partial charge in [0.1, 0.15) is 12.2 Å². The molecule has 0 aromatic carbocycles. The molecule has 10 heteroatoms. The maximum Gasteiger partial charge on any atom is 0.311 e. The molecule has 0 spiro atoms. The highest BCUT2D eigenvalue weighted by molar-refractivity contribution is 5.68. The first-order valence-electron chi connectivity index (χ1n) is 5.95. The van der Waals surface area contributed by atoms with Gasteiger partial charge in [0.25, 0.3) is 5.88 Å². The lowest BCUT2D eigenvalue weighted by atomic mass is 10.3. The Morgan fingerprint density at radius 3 is 3.00 bits per heavy atom. The van der Waals surface area contributed by atoms with E-state index in [4.69, 9.17) is 9.84 Å². The lowest BCUT2D eigenvalue weighted by Gasteiger charge is -2.10. The van der Waals surface area contributed by atoms with Crippen molar-refractivity contribution in [1.29, 1.82) is 0 Å². The summed E-state index contributed by atoms with van der Waals surface area (Å²) >= 11 is 0. The number of carbonyl (C=O) groups is 1. The first kappa shape index (κ1) is 14.6. The summed E-state index contributed by atoms with van der Waals surface area (Å²) in [6, 6.07) is -0.404. The lowest BCUT2D eigenvalue weighted by molar-refractivity contribution is -0.136. The summed E-state index contributed by atoms with van der Waals surface area (Å²) in [6.45, 7) is 1.73. The maximum absolute atomic E-state index is 13.2. The highest BCUT2D eigenvalue weighted by atomic mass is 19.1. The van der Waals surface area contributed by atoms with Crippen LogP contribution in [0.2, 0.25) is 0 Å². The van der Waals surface area contributed by atoms with Crippen LogP contribution >= 0.6 is 0 Å². The molecule has 0 aliphatic rings. The number of carboxylic acid groups (broad SMARTS) is 1. The van der Waals surface area contributed by atoms with Crippen LogP contribution in [0.15, 0.2) is 6.20 Å². The Balaban J connectivity index is 2.08. The number of carboxylic acids is 1. The van der Waals surface area contributed by atoms with E-state index < -0.39 is 17.8 Å². The number of H-pyrrole nitrogens is 1. The van der Waals surface area contributed by atoms with Crippen LogP contribution in [0.3, 0.4) is 0 Å². The number of nitrogens with zero attached hydrogens (tertiary/aromatic N) is 4. The fraction of sp³-hybridized carbons (Fsp3) is 0.364. The molecule has 21 heavy (non-hydrogen) atoms. The van der Waals surface area contributed by atoms with Gasteiger partial charge in [-0.05, 0) is 6.92 Å². The van der Waals surface area contributed by atoms with Crippen molar-refractivity contribution >= 4 is 11.9 Å². The van der Waals surface area contributed by atoms with Crippen molar-refractivity contribution in [2.24, 2.45) is 0 Å². The number of aromatic nitrogens is 5. The maximum atomic E-state index is 13.2. The van der Waals surface area contributed by atoms with Crippen molar-refractivity contribution in [3.8, 4) is 5.88 Å². The monoisotopic (exact) mass is 296 g/mol. The minimum atomic E-state index is -1.01. The number of ether oxygens (including phenoxy) is 1. The van der Waals surface area contributed by atoms with Gasteiger partial charge in [0.15, 0.2) is 5.82 Å². The van der Waals surface area contributed by atoms with Gasteiger partial charge in [-0.2, -0.15) is 14.5 Å². The largest absolute Gasteiger partial charge is 0.481 e. The number of nitrogens with one attached hydrogen (secondary N) is 2. The second-order valence-corrected chi connectivity index (χ2v) is 4.13. The third-order valence-corrected chi connectivity index (χ3v) is 2.51. The van der Waals surface area contributed by atoms with E-state index in [9.17, 15) is 9.18 Å². The molecule has 0 radical (unpaired) electrons. The number of halogens is 1. The molecule has 2 rings (SSSR count). The molecule has 3 N–H and O–H groups in total. The van der Waals surface area contributed by atoms with Crippen LogP contribution in [0.25, 0.3) is 0 Å². The third-order valence-electron chi connectivity index (χ3n) is 2.51. The van der Waals surface area contributed by atoms with E-state index in [0.717, 1.165) is 6.20 Å². The summed E-state index contributed by atoms with van der Waals surface area (Å²) in [5, 5.41) is 18.0. The Kier molecular flexibility index (Phi) is 4.26. The van der Waals surface area contributed by atoms with Gasteiger partial charge in [-0.15, -0.1) is 0 Å². The number of anilines is 1. The summed E-state index contributed by atoms with van der Waals surface area (Å²) in [4.78, 5) is 22.2. The highest BCUT2D eigenvalue weighted by Crippen LogP contribution is 2.17. The topological polar surface area (TPSA) is 126 Å². The van der Waals surface area contributed by atoms with Gasteiger partial charge >= 0.3 is 5.97 Å². The molecule has 0 aliphatic heterocycles. The number of hydrogen-bond acceptors (Lipinski definition) is 7. The standard InChI is InChI=1S/C11H13FN6O3/c1-5(9-15-7(17-18-9)3-8(19)20)14-11-13-4-6(12)10(16-11)21-2/h4-5H,3H2,1-2H3,(H,19,20)(H,13,14,16)(H,15,17,18). The van der Waals surface area contributed by atoms with Gasteiger partial charge in [-0.25, -0.2) is 9.97 Å². The average Bonchev–Trinajstić information content (AvgIpc) is 2.88. The van der Waals surface area contributed by atoms with Gasteiger partial charge in [0, 0.05) is 0 Å². The van der Waals surface area contributed by atoms with E-state index in [-0.39, 0.29) is 24.1 Å². The molecular formula is C11H13FN6O3. The van der Waals surface area contributed by atoms with Gasteiger partial charge in [0.05, 0.1) is 19.3 Å². The van der Waals surface area contributed by atoms with E-state index in [0.29, 0.717) is 5.82 Å². The molecule has 1 unspecified atom stereocenters. The molecule has 0 bridgehead atoms. The van der Waals surface area contributed by atoms with Crippen LogP contribution < -0.4 is 10.1 Å². The fourth-order valence-electron chi connectivity index (χ4n) is 1.55. The van der Waals surface area contributed by atoms with Crippen LogP contribution in [0.1, 0.15) is 24.6 Å². The number of rotatable bonds is 6. The molecule has 2 aromatic rings. The first-order valence-corrected chi connectivity index (χ1v) is 5.95. The van der Waals surface area contributed by atoms with Gasteiger partial charge in [0.2, 0.25) is 11.8 Å². The van der Waals surface area contributed by atoms with Crippen molar-refractivity contribution in [3.63, 3.8) is 0 Å². The first-order chi connectivity index (χ1) is 9.99. The zero-order valence-electron chi connectivity index (χ0n) is 11.3. The normalized spacial score (nSPS) is 12.0. The number of aliphatic carboxylic acids is 1. The molecule has 0 aliphatic carbocycles. The smallest absolute Gasteiger partial charge is 0.311 e. The summed E-state index contributed by atoms with van der Waals surface area (Å²) in [5.41, 5.74) is 0. The lowest BCUT2D eigenvalue weighted by Crippen LogP contribution is -2.12. The SMILES string of the molecule is COc1nc(NC(C)c2n[nH]c(CC(=O)O)n2)ncc1F. The zero-order chi connectivity index (χ0) is 15.4. The minimum absolute atomic E-state index is 0.144. The van der Waals surface area contributed by atoms with Gasteiger partial charge < -0.3 is 15.2 Å². The molecule has 9 nitrogen and oxygen atoms in total. The highest BCUT2D eigenvalue weighted by Gasteiger charge is 2.15. The minimum Gasteiger partial charge on any atom is -0.481 e. The van der Waals surface area contributed by atoms with Crippen LogP contribution in [-0.4, -0.2) is 43.3 Å². The molecule has 0 amide bonds. The molecule has 0 saturated heterocycles. The van der Waals surface area contributed by atoms with E-state index in [1.54, 1.807) is 6.92 Å². The number of hydrogen-bond donors (Lipinski definition) is 3. The van der Waals surface area contributed by atoms with E-state index >= 15 is 0 Å². The fourth-order valence-corrected chi connectivity index (χ4v) is 1.55. The Labute approximate surface area is 118 Å². The Morgan fingerprint density at radius 1 is 1.57 bits per heavy atom. The molecule has 2 aromatic heterocycles. The van der Waals surface area contributed by atoms with Crippen molar-refractivity contribution in [2.45, 2.75) is 19.4 Å². The van der Waals surface area contributed by atoms with Crippen molar-refractivity contribution < 1.29 is 19.0 Å². The molecule has 0 fully saturated rings. The second-order valence-electron chi connectivity index (χ2n) is 4.13. The Morgan fingerprint density at radius 2 is 2.33 bits per heavy atom. The van der Waals surface area contributed by atoms with E-state index in [2.05, 4.69) is 30.5 Å². The molecule has 0 saturated carbocycles. The second kappa shape index (κ2) is 6.11. The summed E-state index contributed by atoms with van der Waals surface area (Å²) in [7, 11) is 1.30. The predicted molar refractivity (Wildman–Crippen MR) is 68.3 cm³/mol. The number of aromatic amines is 1. The van der Waals surface area contributed by atoms with Crippen molar-refractivity contribution in [2.75, 3.05) is 12.4 Å². The zero-order valence-corrected chi connectivity index (χ0v) is 11.3. The predicted octanol–water partition coefficient (Wildman–Crippen LogP) is 0.543. The van der Waals surface area contributed by atoms with Crippen molar-refractivity contribution in [3.05, 3.63) is 23.7 Å². The van der Waals surface area contributed by atoms with Crippen molar-refractivity contribution in [1.82, 2.24) is 25.1 Å². The summed E-state index contributed by atoms with van der Waals surface area (Å²) < 4.78 is 17.9. The number of methoxy groups -OCH3 is 1. The van der Waals surface area contributed by atoms with Gasteiger partial charge in [-0.1, -0.05) is 0 Å². The van der Waals surface area contributed by atoms with E-state index in [1.165, 1.54) is 7.11 Å². The Bertz CT molecular complexity index is 647. The van der Waals surface area contributed by atoms with Crippen LogP contribution in [-0.2, 0) is 11.2 Å². The van der Waals surface area contributed by atoms with Gasteiger partial charge in [-0.3, -0.25) is 9.89 Å². The summed E-state index contributed by atoms with van der Waals surface area (Å²) in [6.07, 6.45) is 0.731. The third kappa shape index (κ3) is 3.61. The molecule has 112 valence electrons. The Hall–Kier alpha value is -2.78. The average molecular weight is 296 g/mol. The van der Waals surface area contributed by atoms with E-state index in [1.807, 2.05) is 0 Å². The summed E-state index contributed by atoms with van der Waals surface area (Å²) in [5.74, 6) is -1.13. The van der Waals surface area contributed by atoms with Crippen LogP contribution in [0.5, 0.6) is 5.88 Å². The van der Waals surface area contributed by atoms with Crippen LogP contribution in [0, 0.1) is 5.82 Å². The molecule has 1 atom stereocenters.